The predicted octanol–water partition coefficient (Wildman–Crippen LogP) is 4.65. The Balaban J connectivity index is 1.79. The highest BCUT2D eigenvalue weighted by Crippen LogP contribution is 2.28. The number of hydrogen-bond donors (Lipinski definition) is 1. The maximum Gasteiger partial charge on any atom is 0.263 e. The molecule has 0 aliphatic heterocycles. The third-order valence-electron chi connectivity index (χ3n) is 3.63. The summed E-state index contributed by atoms with van der Waals surface area (Å²) < 4.78 is 18.6. The van der Waals surface area contributed by atoms with Crippen molar-refractivity contribution in [2.24, 2.45) is 0 Å². The van der Waals surface area contributed by atoms with E-state index in [1.54, 1.807) is 19.1 Å². The minimum absolute atomic E-state index is 0.195. The number of aryl methyl sites for hydroxylation is 2. The Bertz CT molecular complexity index is 868. The first-order valence-electron chi connectivity index (χ1n) is 7.54. The number of carbonyl (C=O) groups is 1. The molecule has 124 valence electrons. The van der Waals surface area contributed by atoms with Crippen LogP contribution in [0.2, 0.25) is 0 Å². The maximum absolute atomic E-state index is 13.0. The molecule has 4 nitrogen and oxygen atoms in total. The first-order chi connectivity index (χ1) is 11.4. The Morgan fingerprint density at radius 3 is 2.54 bits per heavy atom. The monoisotopic (exact) mass is 344 g/mol. The highest BCUT2D eigenvalue weighted by molar-refractivity contribution is 7.17. The van der Waals surface area contributed by atoms with Crippen molar-refractivity contribution >= 4 is 17.2 Å². The quantitative estimate of drug-likeness (QED) is 0.749. The fourth-order valence-electron chi connectivity index (χ4n) is 2.34. The summed E-state index contributed by atoms with van der Waals surface area (Å²) in [4.78, 5) is 17.5. The van der Waals surface area contributed by atoms with Gasteiger partial charge >= 0.3 is 0 Å². The van der Waals surface area contributed by atoms with Crippen molar-refractivity contribution in [1.29, 1.82) is 0 Å². The summed E-state index contributed by atoms with van der Waals surface area (Å²) in [5, 5.41) is 3.61. The molecule has 2 heterocycles. The molecule has 0 radical (unpaired) electrons. The van der Waals surface area contributed by atoms with Gasteiger partial charge in [-0.05, 0) is 57.2 Å². The van der Waals surface area contributed by atoms with Crippen LogP contribution in [0.25, 0.3) is 10.6 Å². The van der Waals surface area contributed by atoms with Crippen LogP contribution in [0.3, 0.4) is 0 Å². The second-order valence-corrected chi connectivity index (χ2v) is 6.58. The van der Waals surface area contributed by atoms with Crippen molar-refractivity contribution < 1.29 is 13.6 Å². The van der Waals surface area contributed by atoms with E-state index < -0.39 is 0 Å². The molecule has 1 atom stereocenters. The van der Waals surface area contributed by atoms with Crippen molar-refractivity contribution in [3.05, 3.63) is 64.3 Å². The van der Waals surface area contributed by atoms with E-state index in [0.29, 0.717) is 21.3 Å². The van der Waals surface area contributed by atoms with Gasteiger partial charge in [0.25, 0.3) is 5.91 Å². The molecule has 0 saturated heterocycles. The number of hydrogen-bond acceptors (Lipinski definition) is 4. The van der Waals surface area contributed by atoms with Crippen molar-refractivity contribution in [2.45, 2.75) is 26.8 Å². The molecule has 2 aromatic heterocycles. The SMILES string of the molecule is Cc1ccc(C(C)NC(=O)c2sc(-c3ccc(F)cc3)nc2C)o1. The molecule has 1 unspecified atom stereocenters. The van der Waals surface area contributed by atoms with E-state index in [-0.39, 0.29) is 17.8 Å². The van der Waals surface area contributed by atoms with Gasteiger partial charge in [-0.1, -0.05) is 0 Å². The van der Waals surface area contributed by atoms with Gasteiger partial charge in [-0.15, -0.1) is 11.3 Å². The average Bonchev–Trinajstić information content (AvgIpc) is 3.14. The Hall–Kier alpha value is -2.47. The van der Waals surface area contributed by atoms with Crippen LogP contribution in [-0.4, -0.2) is 10.9 Å². The lowest BCUT2D eigenvalue weighted by Gasteiger charge is -2.10. The lowest BCUT2D eigenvalue weighted by Crippen LogP contribution is -2.26. The van der Waals surface area contributed by atoms with Gasteiger partial charge in [0.15, 0.2) is 0 Å². The topological polar surface area (TPSA) is 55.1 Å². The molecule has 24 heavy (non-hydrogen) atoms. The maximum atomic E-state index is 13.0. The van der Waals surface area contributed by atoms with Gasteiger partial charge < -0.3 is 9.73 Å². The van der Waals surface area contributed by atoms with Crippen LogP contribution in [-0.2, 0) is 0 Å². The van der Waals surface area contributed by atoms with Crippen LogP contribution in [0.15, 0.2) is 40.8 Å². The van der Waals surface area contributed by atoms with Gasteiger partial charge in [0.2, 0.25) is 0 Å². The highest BCUT2D eigenvalue weighted by Gasteiger charge is 2.19. The summed E-state index contributed by atoms with van der Waals surface area (Å²) in [5.41, 5.74) is 1.44. The molecular weight excluding hydrogens is 327 g/mol. The van der Waals surface area contributed by atoms with E-state index in [1.807, 2.05) is 26.0 Å². The number of nitrogens with one attached hydrogen (secondary N) is 1. The number of thiazole rings is 1. The summed E-state index contributed by atoms with van der Waals surface area (Å²) >= 11 is 1.29. The molecule has 1 amide bonds. The second-order valence-electron chi connectivity index (χ2n) is 5.58. The van der Waals surface area contributed by atoms with Crippen molar-refractivity contribution in [1.82, 2.24) is 10.3 Å². The number of benzene rings is 1. The zero-order valence-electron chi connectivity index (χ0n) is 13.6. The standard InChI is InChI=1S/C18H17FN2O2S/c1-10-4-9-15(23-10)11(2)20-17(22)16-12(3)21-18(24-16)13-5-7-14(19)8-6-13/h4-9,11H,1-3H3,(H,20,22). The number of amides is 1. The normalized spacial score (nSPS) is 12.2. The van der Waals surface area contributed by atoms with Gasteiger partial charge in [-0.2, -0.15) is 0 Å². The zero-order valence-corrected chi connectivity index (χ0v) is 14.4. The fraction of sp³-hybridized carbons (Fsp3) is 0.222. The average molecular weight is 344 g/mol. The number of furan rings is 1. The summed E-state index contributed by atoms with van der Waals surface area (Å²) in [6, 6.07) is 9.56. The van der Waals surface area contributed by atoms with Gasteiger partial charge in [-0.25, -0.2) is 9.37 Å². The molecule has 0 aliphatic rings. The molecule has 0 bridgehead atoms. The van der Waals surface area contributed by atoms with E-state index in [4.69, 9.17) is 4.42 Å². The van der Waals surface area contributed by atoms with Crippen LogP contribution in [0.4, 0.5) is 4.39 Å². The van der Waals surface area contributed by atoms with Crippen LogP contribution in [0.1, 0.15) is 39.9 Å². The van der Waals surface area contributed by atoms with E-state index in [0.717, 1.165) is 11.3 Å². The van der Waals surface area contributed by atoms with E-state index in [2.05, 4.69) is 10.3 Å². The van der Waals surface area contributed by atoms with Crippen molar-refractivity contribution in [3.63, 3.8) is 0 Å². The summed E-state index contributed by atoms with van der Waals surface area (Å²) in [6.45, 7) is 5.52. The largest absolute Gasteiger partial charge is 0.464 e. The van der Waals surface area contributed by atoms with Crippen LogP contribution in [0.5, 0.6) is 0 Å². The lowest BCUT2D eigenvalue weighted by atomic mass is 10.2. The number of rotatable bonds is 4. The van der Waals surface area contributed by atoms with E-state index in [1.165, 1.54) is 23.5 Å². The number of carbonyl (C=O) groups excluding carboxylic acids is 1. The molecule has 1 aromatic carbocycles. The molecular formula is C18H17FN2O2S. The fourth-order valence-corrected chi connectivity index (χ4v) is 3.32. The van der Waals surface area contributed by atoms with Crippen LogP contribution >= 0.6 is 11.3 Å². The Morgan fingerprint density at radius 1 is 1.21 bits per heavy atom. The number of aromatic nitrogens is 1. The number of halogens is 1. The second kappa shape index (κ2) is 6.57. The third-order valence-corrected chi connectivity index (χ3v) is 4.83. The van der Waals surface area contributed by atoms with Crippen LogP contribution < -0.4 is 5.32 Å². The third kappa shape index (κ3) is 3.38. The van der Waals surface area contributed by atoms with Crippen LogP contribution in [0, 0.1) is 19.7 Å². The first-order valence-corrected chi connectivity index (χ1v) is 8.36. The predicted molar refractivity (Wildman–Crippen MR) is 91.6 cm³/mol. The van der Waals surface area contributed by atoms with Gasteiger partial charge in [0, 0.05) is 5.56 Å². The molecule has 3 rings (SSSR count). The van der Waals surface area contributed by atoms with E-state index in [9.17, 15) is 9.18 Å². The summed E-state index contributed by atoms with van der Waals surface area (Å²) in [6.07, 6.45) is 0. The minimum atomic E-state index is -0.299. The summed E-state index contributed by atoms with van der Waals surface area (Å²) in [7, 11) is 0. The molecule has 6 heteroatoms. The van der Waals surface area contributed by atoms with Gasteiger partial charge in [0.1, 0.15) is 27.2 Å². The van der Waals surface area contributed by atoms with Crippen molar-refractivity contribution in [3.8, 4) is 10.6 Å². The number of nitrogens with zero attached hydrogens (tertiary/aromatic N) is 1. The molecule has 0 aliphatic carbocycles. The Labute approximate surface area is 143 Å². The van der Waals surface area contributed by atoms with Gasteiger partial charge in [-0.3, -0.25) is 4.79 Å². The molecule has 1 N–H and O–H groups in total. The smallest absolute Gasteiger partial charge is 0.263 e. The van der Waals surface area contributed by atoms with E-state index >= 15 is 0 Å². The Kier molecular flexibility index (Phi) is 4.49. The summed E-state index contributed by atoms with van der Waals surface area (Å²) in [5.74, 6) is 1.02. The zero-order chi connectivity index (χ0) is 17.3. The lowest BCUT2D eigenvalue weighted by molar-refractivity contribution is 0.0938. The highest BCUT2D eigenvalue weighted by atomic mass is 32.1. The molecule has 0 spiro atoms. The first kappa shape index (κ1) is 16.4. The van der Waals surface area contributed by atoms with Crippen molar-refractivity contribution in [2.75, 3.05) is 0 Å². The molecule has 3 aromatic rings. The molecule has 0 fully saturated rings. The minimum Gasteiger partial charge on any atom is -0.464 e. The molecule has 0 saturated carbocycles. The van der Waals surface area contributed by atoms with Gasteiger partial charge in [0.05, 0.1) is 11.7 Å². The Morgan fingerprint density at radius 2 is 1.92 bits per heavy atom.